The van der Waals surface area contributed by atoms with Crippen LogP contribution in [-0.2, 0) is 4.74 Å². The van der Waals surface area contributed by atoms with Crippen molar-refractivity contribution in [2.24, 2.45) is 5.92 Å². The molecule has 0 unspecified atom stereocenters. The molecule has 1 aliphatic rings. The Bertz CT molecular complexity index is 1390. The number of fused-ring (bicyclic) bond motifs is 1. The van der Waals surface area contributed by atoms with Crippen molar-refractivity contribution < 1.29 is 28.4 Å². The molecule has 3 aromatic rings. The Kier molecular flexibility index (Phi) is 9.68. The Morgan fingerprint density at radius 1 is 1.00 bits per heavy atom. The second-order valence-corrected chi connectivity index (χ2v) is 10.5. The fourth-order valence-electron chi connectivity index (χ4n) is 4.79. The molecule has 1 aromatic heterocycles. The van der Waals surface area contributed by atoms with E-state index in [-0.39, 0.29) is 48.7 Å². The van der Waals surface area contributed by atoms with Crippen molar-refractivity contribution in [3.05, 3.63) is 65.5 Å². The van der Waals surface area contributed by atoms with Crippen molar-refractivity contribution in [2.75, 3.05) is 49.8 Å². The number of likely N-dealkylation sites (N-methyl/N-ethyl adjacent to an activating group) is 1. The lowest BCUT2D eigenvalue weighted by molar-refractivity contribution is 0.0174. The third-order valence-corrected chi connectivity index (χ3v) is 7.26. The summed E-state index contributed by atoms with van der Waals surface area (Å²) in [4.78, 5) is 43.0. The number of hydrogen-bond acceptors (Lipinski definition) is 7. The zero-order valence-corrected chi connectivity index (χ0v) is 24.8. The zero-order chi connectivity index (χ0) is 30.4. The van der Waals surface area contributed by atoms with Gasteiger partial charge in [-0.05, 0) is 51.1 Å². The number of carbonyl (C=O) groups excluding carboxylic acids is 3. The number of nitrogens with one attached hydrogen (secondary N) is 3. The lowest BCUT2D eigenvalue weighted by Gasteiger charge is -2.36. The number of carbonyl (C=O) groups is 3. The number of ether oxygens (including phenoxy) is 2. The van der Waals surface area contributed by atoms with Gasteiger partial charge in [0, 0.05) is 44.5 Å². The van der Waals surface area contributed by atoms with Crippen molar-refractivity contribution in [3.8, 4) is 5.75 Å². The zero-order valence-electron chi connectivity index (χ0n) is 24.8. The maximum atomic E-state index is 13.6. The van der Waals surface area contributed by atoms with E-state index < -0.39 is 6.03 Å². The van der Waals surface area contributed by atoms with Crippen molar-refractivity contribution in [1.82, 2.24) is 15.0 Å². The summed E-state index contributed by atoms with van der Waals surface area (Å²) in [5.41, 5.74) is 2.44. The number of amides is 5. The van der Waals surface area contributed by atoms with Crippen LogP contribution < -0.4 is 20.7 Å². The molecule has 0 radical (unpaired) electrons. The first-order valence-electron chi connectivity index (χ1n) is 13.8. The molecule has 12 nitrogen and oxygen atoms in total. The first kappa shape index (κ1) is 30.4. The topological polar surface area (TPSA) is 138 Å². The molecule has 0 aliphatic carbocycles. The molecule has 224 valence electrons. The van der Waals surface area contributed by atoms with Gasteiger partial charge in [0.2, 0.25) is 0 Å². The van der Waals surface area contributed by atoms with Gasteiger partial charge >= 0.3 is 12.1 Å². The number of nitrogens with zero attached hydrogens (tertiary/aromatic N) is 3. The number of anilines is 3. The number of aromatic nitrogens is 1. The SMILES string of the molecule is CO[C@H]1CN(C)C(=O)c2cc(NC(=O)Nc3ccccc3)ccc2OC[C@H](C)N(C(=O)Nc2c(C)noc2C)C[C@H]1C. The number of methoxy groups -OCH3 is 1. The molecule has 5 amide bonds. The molecule has 2 aromatic carbocycles. The molecule has 42 heavy (non-hydrogen) atoms. The van der Waals surface area contributed by atoms with Gasteiger partial charge in [-0.25, -0.2) is 9.59 Å². The predicted molar refractivity (Wildman–Crippen MR) is 159 cm³/mol. The lowest BCUT2D eigenvalue weighted by atomic mass is 10.0. The van der Waals surface area contributed by atoms with Crippen LogP contribution in [0.2, 0.25) is 0 Å². The molecule has 0 bridgehead atoms. The van der Waals surface area contributed by atoms with Crippen molar-refractivity contribution in [2.45, 2.75) is 39.8 Å². The van der Waals surface area contributed by atoms with E-state index in [0.29, 0.717) is 40.8 Å². The van der Waals surface area contributed by atoms with E-state index in [9.17, 15) is 14.4 Å². The molecule has 12 heteroatoms. The highest BCUT2D eigenvalue weighted by Crippen LogP contribution is 2.27. The highest BCUT2D eigenvalue weighted by molar-refractivity contribution is 6.02. The van der Waals surface area contributed by atoms with Gasteiger partial charge in [0.05, 0.1) is 17.7 Å². The molecular weight excluding hydrogens is 540 g/mol. The molecule has 1 aliphatic heterocycles. The first-order valence-corrected chi connectivity index (χ1v) is 13.8. The van der Waals surface area contributed by atoms with Gasteiger partial charge in [0.25, 0.3) is 5.91 Å². The average Bonchev–Trinajstić information content (AvgIpc) is 3.29. The summed E-state index contributed by atoms with van der Waals surface area (Å²) in [6.45, 7) is 8.10. The van der Waals surface area contributed by atoms with Crippen LogP contribution in [0.15, 0.2) is 53.1 Å². The second-order valence-electron chi connectivity index (χ2n) is 10.5. The molecule has 3 atom stereocenters. The van der Waals surface area contributed by atoms with E-state index in [4.69, 9.17) is 14.0 Å². The predicted octanol–water partition coefficient (Wildman–Crippen LogP) is 4.97. The summed E-state index contributed by atoms with van der Waals surface area (Å²) in [6.07, 6.45) is -0.359. The number of aryl methyl sites for hydroxylation is 2. The lowest BCUT2D eigenvalue weighted by Crippen LogP contribution is -2.50. The number of hydrogen-bond donors (Lipinski definition) is 3. The minimum absolute atomic E-state index is 0.116. The minimum atomic E-state index is -0.446. The smallest absolute Gasteiger partial charge is 0.323 e. The fraction of sp³-hybridized carbons (Fsp3) is 0.400. The molecule has 0 fully saturated rings. The average molecular weight is 579 g/mol. The van der Waals surface area contributed by atoms with Crippen LogP contribution in [0.1, 0.15) is 35.7 Å². The number of para-hydroxylation sites is 1. The van der Waals surface area contributed by atoms with Crippen LogP contribution in [0.25, 0.3) is 0 Å². The summed E-state index contributed by atoms with van der Waals surface area (Å²) in [5.74, 6) is 0.434. The molecule has 0 spiro atoms. The summed E-state index contributed by atoms with van der Waals surface area (Å²) >= 11 is 0. The van der Waals surface area contributed by atoms with Crippen LogP contribution in [0, 0.1) is 19.8 Å². The van der Waals surface area contributed by atoms with Gasteiger partial charge in [0.15, 0.2) is 5.76 Å². The summed E-state index contributed by atoms with van der Waals surface area (Å²) in [7, 11) is 3.27. The number of rotatable bonds is 4. The fourth-order valence-corrected chi connectivity index (χ4v) is 4.79. The van der Waals surface area contributed by atoms with E-state index in [2.05, 4.69) is 21.1 Å². The van der Waals surface area contributed by atoms with E-state index in [1.807, 2.05) is 32.0 Å². The minimum Gasteiger partial charge on any atom is -0.491 e. The van der Waals surface area contributed by atoms with Gasteiger partial charge in [-0.2, -0.15) is 0 Å². The van der Waals surface area contributed by atoms with E-state index in [0.717, 1.165) is 0 Å². The Balaban J connectivity index is 1.60. The molecule has 0 saturated heterocycles. The maximum absolute atomic E-state index is 13.6. The largest absolute Gasteiger partial charge is 0.491 e. The van der Waals surface area contributed by atoms with Gasteiger partial charge in [-0.3, -0.25) is 4.79 Å². The third kappa shape index (κ3) is 7.19. The van der Waals surface area contributed by atoms with E-state index >= 15 is 0 Å². The van der Waals surface area contributed by atoms with E-state index in [1.165, 1.54) is 0 Å². The quantitative estimate of drug-likeness (QED) is 0.397. The van der Waals surface area contributed by atoms with E-state index in [1.54, 1.807) is 68.1 Å². The van der Waals surface area contributed by atoms with Crippen molar-refractivity contribution in [1.29, 1.82) is 0 Å². The van der Waals surface area contributed by atoms with Gasteiger partial charge in [-0.15, -0.1) is 0 Å². The summed E-state index contributed by atoms with van der Waals surface area (Å²) in [6, 6.07) is 12.8. The molecule has 3 N–H and O–H groups in total. The summed E-state index contributed by atoms with van der Waals surface area (Å²) < 4.78 is 17.1. The Hall–Kier alpha value is -4.58. The maximum Gasteiger partial charge on any atom is 0.323 e. The molecule has 2 heterocycles. The summed E-state index contributed by atoms with van der Waals surface area (Å²) in [5, 5.41) is 12.4. The van der Waals surface area contributed by atoms with Gasteiger partial charge < -0.3 is 39.7 Å². The van der Waals surface area contributed by atoms with Crippen LogP contribution in [-0.4, -0.2) is 78.9 Å². The van der Waals surface area contributed by atoms with Crippen molar-refractivity contribution >= 4 is 35.0 Å². The monoisotopic (exact) mass is 578 g/mol. The third-order valence-electron chi connectivity index (χ3n) is 7.26. The normalized spacial score (nSPS) is 19.6. The number of urea groups is 2. The van der Waals surface area contributed by atoms with Crippen LogP contribution in [0.5, 0.6) is 5.75 Å². The highest BCUT2D eigenvalue weighted by atomic mass is 16.5. The Morgan fingerprint density at radius 2 is 1.71 bits per heavy atom. The Morgan fingerprint density at radius 3 is 2.38 bits per heavy atom. The molecule has 0 saturated carbocycles. The first-order chi connectivity index (χ1) is 20.1. The number of benzene rings is 2. The standard InChI is InChI=1S/C30H38N6O6/c1-18-15-36(30(39)33-27-20(3)34-42-21(27)4)19(2)17-41-25-13-12-23(32-29(38)31-22-10-8-7-9-11-22)14-24(25)28(37)35(5)16-26(18)40-6/h7-14,18-19,26H,15-17H2,1-6H3,(H,33,39)(H2,31,32,38)/t18-,19+,26+/m1/s1. The van der Waals surface area contributed by atoms with Gasteiger partial charge in [0.1, 0.15) is 23.7 Å². The van der Waals surface area contributed by atoms with Crippen LogP contribution in [0.3, 0.4) is 0 Å². The van der Waals surface area contributed by atoms with Gasteiger partial charge in [-0.1, -0.05) is 30.3 Å². The van der Waals surface area contributed by atoms with Crippen LogP contribution in [0.4, 0.5) is 26.7 Å². The second kappa shape index (κ2) is 13.4. The van der Waals surface area contributed by atoms with Crippen LogP contribution >= 0.6 is 0 Å². The highest BCUT2D eigenvalue weighted by Gasteiger charge is 2.31. The molecular formula is C30H38N6O6. The van der Waals surface area contributed by atoms with Crippen molar-refractivity contribution in [3.63, 3.8) is 0 Å². The molecule has 4 rings (SSSR count). The Labute approximate surface area is 245 Å².